The molecule has 0 bridgehead atoms. The average Bonchev–Trinajstić information content (AvgIpc) is 2.54. The number of nitrogens with two attached hydrogens (primary N) is 1. The third-order valence-corrected chi connectivity index (χ3v) is 2.53. The molecule has 6 nitrogen and oxygen atoms in total. The maximum absolute atomic E-state index is 12.0. The number of hydrogen-bond donors (Lipinski definition) is 3. The summed E-state index contributed by atoms with van der Waals surface area (Å²) < 4.78 is 25.4. The molecule has 1 heterocycles. The summed E-state index contributed by atoms with van der Waals surface area (Å²) in [7, 11) is 0. The van der Waals surface area contributed by atoms with Crippen LogP contribution in [-0.4, -0.2) is 39.9 Å². The third-order valence-electron chi connectivity index (χ3n) is 2.53. The van der Waals surface area contributed by atoms with Crippen LogP contribution in [0.4, 0.5) is 14.5 Å². The van der Waals surface area contributed by atoms with Gasteiger partial charge in [-0.1, -0.05) is 0 Å². The minimum absolute atomic E-state index is 0.125. The number of alkyl halides is 2. The summed E-state index contributed by atoms with van der Waals surface area (Å²) in [5.74, 6) is -0.514. The Morgan fingerprint density at radius 3 is 2.61 bits per heavy atom. The smallest absolute Gasteiger partial charge is 0.265 e. The molecule has 1 atom stereocenters. The number of aryl methyl sites for hydroxylation is 1. The average molecular weight is 262 g/mol. The SMILES string of the molecule is Cc1nn(CC(=O)NCC(O)C(F)F)c(C)c1N. The summed E-state index contributed by atoms with van der Waals surface area (Å²) in [6.45, 7) is 2.79. The summed E-state index contributed by atoms with van der Waals surface area (Å²) in [4.78, 5) is 11.4. The van der Waals surface area contributed by atoms with Crippen molar-refractivity contribution in [3.8, 4) is 0 Å². The number of halogens is 2. The molecule has 8 heteroatoms. The van der Waals surface area contributed by atoms with Crippen LogP contribution in [0.1, 0.15) is 11.4 Å². The number of nitrogens with zero attached hydrogens (tertiary/aromatic N) is 2. The molecule has 18 heavy (non-hydrogen) atoms. The molecule has 0 saturated heterocycles. The highest BCUT2D eigenvalue weighted by atomic mass is 19.3. The van der Waals surface area contributed by atoms with E-state index in [9.17, 15) is 13.6 Å². The lowest BCUT2D eigenvalue weighted by atomic mass is 10.3. The van der Waals surface area contributed by atoms with Gasteiger partial charge in [-0.2, -0.15) is 5.10 Å². The predicted octanol–water partition coefficient (Wildman–Crippen LogP) is -0.176. The summed E-state index contributed by atoms with van der Waals surface area (Å²) in [6, 6.07) is 0. The molecule has 1 aromatic rings. The quantitative estimate of drug-likeness (QED) is 0.686. The number of nitrogens with one attached hydrogen (secondary N) is 1. The van der Waals surface area contributed by atoms with Gasteiger partial charge in [0.2, 0.25) is 5.91 Å². The van der Waals surface area contributed by atoms with Crippen LogP contribution in [0.25, 0.3) is 0 Å². The van der Waals surface area contributed by atoms with Crippen molar-refractivity contribution in [3.63, 3.8) is 0 Å². The van der Waals surface area contributed by atoms with Gasteiger partial charge in [-0.25, -0.2) is 8.78 Å². The zero-order valence-corrected chi connectivity index (χ0v) is 10.2. The predicted molar refractivity (Wildman–Crippen MR) is 61.1 cm³/mol. The van der Waals surface area contributed by atoms with Crippen LogP contribution in [0.5, 0.6) is 0 Å². The van der Waals surface area contributed by atoms with Crippen molar-refractivity contribution < 1.29 is 18.7 Å². The summed E-state index contributed by atoms with van der Waals surface area (Å²) in [5, 5.41) is 15.1. The largest absolute Gasteiger partial charge is 0.396 e. The van der Waals surface area contributed by atoms with Crippen LogP contribution < -0.4 is 11.1 Å². The van der Waals surface area contributed by atoms with Gasteiger partial charge in [-0.05, 0) is 13.8 Å². The Balaban J connectivity index is 2.52. The van der Waals surface area contributed by atoms with Crippen molar-refractivity contribution in [1.82, 2.24) is 15.1 Å². The van der Waals surface area contributed by atoms with Crippen molar-refractivity contribution >= 4 is 11.6 Å². The Kier molecular flexibility index (Phi) is 4.60. The number of rotatable bonds is 5. The van der Waals surface area contributed by atoms with E-state index in [1.54, 1.807) is 13.8 Å². The highest BCUT2D eigenvalue weighted by Gasteiger charge is 2.18. The number of carbonyl (C=O) groups excluding carboxylic acids is 1. The van der Waals surface area contributed by atoms with Gasteiger partial charge in [0.25, 0.3) is 6.43 Å². The zero-order valence-electron chi connectivity index (χ0n) is 10.2. The second-order valence-electron chi connectivity index (χ2n) is 3.95. The fraction of sp³-hybridized carbons (Fsp3) is 0.600. The van der Waals surface area contributed by atoms with Gasteiger partial charge in [-0.3, -0.25) is 9.48 Å². The van der Waals surface area contributed by atoms with Gasteiger partial charge in [0.15, 0.2) is 0 Å². The number of amides is 1. The number of aliphatic hydroxyl groups excluding tert-OH is 1. The van der Waals surface area contributed by atoms with E-state index in [0.717, 1.165) is 0 Å². The van der Waals surface area contributed by atoms with Gasteiger partial charge >= 0.3 is 0 Å². The lowest BCUT2D eigenvalue weighted by molar-refractivity contribution is -0.122. The Morgan fingerprint density at radius 1 is 1.56 bits per heavy atom. The van der Waals surface area contributed by atoms with Gasteiger partial charge in [0, 0.05) is 6.54 Å². The molecular formula is C10H16F2N4O2. The molecule has 0 spiro atoms. The second kappa shape index (κ2) is 5.76. The van der Waals surface area contributed by atoms with Crippen LogP contribution in [0.2, 0.25) is 0 Å². The molecule has 0 saturated carbocycles. The van der Waals surface area contributed by atoms with E-state index >= 15 is 0 Å². The molecule has 0 radical (unpaired) electrons. The molecule has 0 aromatic carbocycles. The minimum atomic E-state index is -2.88. The van der Waals surface area contributed by atoms with E-state index in [0.29, 0.717) is 17.1 Å². The summed E-state index contributed by atoms with van der Waals surface area (Å²) >= 11 is 0. The normalized spacial score (nSPS) is 12.8. The van der Waals surface area contributed by atoms with Crippen molar-refractivity contribution in [3.05, 3.63) is 11.4 Å². The standard InChI is InChI=1S/C10H16F2N4O2/c1-5-9(13)6(2)16(15-5)4-8(18)14-3-7(17)10(11)12/h7,10,17H,3-4,13H2,1-2H3,(H,14,18). The first-order valence-corrected chi connectivity index (χ1v) is 5.35. The van der Waals surface area contributed by atoms with Gasteiger partial charge in [0.1, 0.15) is 12.6 Å². The number of aliphatic hydroxyl groups is 1. The molecule has 1 amide bonds. The van der Waals surface area contributed by atoms with Crippen molar-refractivity contribution in [2.24, 2.45) is 0 Å². The highest BCUT2D eigenvalue weighted by molar-refractivity contribution is 5.76. The molecule has 0 aliphatic heterocycles. The van der Waals surface area contributed by atoms with Crippen LogP contribution in [0.3, 0.4) is 0 Å². The number of carbonyl (C=O) groups is 1. The van der Waals surface area contributed by atoms with Crippen LogP contribution in [0, 0.1) is 13.8 Å². The second-order valence-corrected chi connectivity index (χ2v) is 3.95. The first-order valence-electron chi connectivity index (χ1n) is 5.35. The van der Waals surface area contributed by atoms with Gasteiger partial charge in [-0.15, -0.1) is 0 Å². The molecule has 4 N–H and O–H groups in total. The fourth-order valence-electron chi connectivity index (χ4n) is 1.36. The first-order chi connectivity index (χ1) is 8.32. The lowest BCUT2D eigenvalue weighted by Gasteiger charge is -2.11. The monoisotopic (exact) mass is 262 g/mol. The van der Waals surface area contributed by atoms with Crippen molar-refractivity contribution in [1.29, 1.82) is 0 Å². The molecule has 1 aromatic heterocycles. The minimum Gasteiger partial charge on any atom is -0.396 e. The highest BCUT2D eigenvalue weighted by Crippen LogP contribution is 2.14. The van der Waals surface area contributed by atoms with E-state index < -0.39 is 25.0 Å². The van der Waals surface area contributed by atoms with Crippen LogP contribution in [-0.2, 0) is 11.3 Å². The molecular weight excluding hydrogens is 246 g/mol. The number of aromatic nitrogens is 2. The lowest BCUT2D eigenvalue weighted by Crippen LogP contribution is -2.37. The maximum Gasteiger partial charge on any atom is 0.265 e. The molecule has 1 unspecified atom stereocenters. The molecule has 102 valence electrons. The number of hydrogen-bond acceptors (Lipinski definition) is 4. The summed E-state index contributed by atoms with van der Waals surface area (Å²) in [5.41, 5.74) is 7.42. The Hall–Kier alpha value is -1.70. The Labute approximate surface area is 103 Å². The molecule has 0 aliphatic rings. The van der Waals surface area contributed by atoms with Crippen molar-refractivity contribution in [2.75, 3.05) is 12.3 Å². The number of anilines is 1. The summed E-state index contributed by atoms with van der Waals surface area (Å²) in [6.07, 6.45) is -4.74. The fourth-order valence-corrected chi connectivity index (χ4v) is 1.36. The van der Waals surface area contributed by atoms with E-state index in [1.807, 2.05) is 0 Å². The number of nitrogen functional groups attached to an aromatic ring is 1. The van der Waals surface area contributed by atoms with Crippen LogP contribution >= 0.6 is 0 Å². The Morgan fingerprint density at radius 2 is 2.17 bits per heavy atom. The molecule has 0 fully saturated rings. The maximum atomic E-state index is 12.0. The topological polar surface area (TPSA) is 93.2 Å². The third kappa shape index (κ3) is 3.39. The zero-order chi connectivity index (χ0) is 13.9. The molecule has 0 aliphatic carbocycles. The Bertz CT molecular complexity index is 434. The van der Waals surface area contributed by atoms with Gasteiger partial charge < -0.3 is 16.2 Å². The van der Waals surface area contributed by atoms with E-state index in [-0.39, 0.29) is 6.54 Å². The first kappa shape index (κ1) is 14.4. The van der Waals surface area contributed by atoms with E-state index in [4.69, 9.17) is 10.8 Å². The molecule has 1 rings (SSSR count). The van der Waals surface area contributed by atoms with Crippen LogP contribution in [0.15, 0.2) is 0 Å². The van der Waals surface area contributed by atoms with E-state index in [1.165, 1.54) is 4.68 Å². The van der Waals surface area contributed by atoms with Gasteiger partial charge in [0.05, 0.1) is 17.1 Å². The van der Waals surface area contributed by atoms with E-state index in [2.05, 4.69) is 10.4 Å². The van der Waals surface area contributed by atoms with Crippen molar-refractivity contribution in [2.45, 2.75) is 32.9 Å².